The highest BCUT2D eigenvalue weighted by molar-refractivity contribution is 5.49. The summed E-state index contributed by atoms with van der Waals surface area (Å²) in [6, 6.07) is 1.52. The maximum absolute atomic E-state index is 12.8. The zero-order valence-electron chi connectivity index (χ0n) is 11.4. The molecule has 0 saturated carbocycles. The Hall–Kier alpha value is -1.57. The van der Waals surface area contributed by atoms with E-state index in [4.69, 9.17) is 4.74 Å². The lowest BCUT2D eigenvalue weighted by Gasteiger charge is -2.33. The highest BCUT2D eigenvalue weighted by Crippen LogP contribution is 2.30. The molecule has 0 spiro atoms. The SMILES string of the molecule is CNc1cc(N2CCCC(OC)C2)nc(C(F)(F)F)n1. The van der Waals surface area contributed by atoms with Crippen LogP contribution in [0.2, 0.25) is 0 Å². The molecule has 1 aromatic heterocycles. The van der Waals surface area contributed by atoms with Crippen molar-refractivity contribution in [1.29, 1.82) is 0 Å². The third-order valence-corrected chi connectivity index (χ3v) is 3.26. The molecule has 0 radical (unpaired) electrons. The first-order valence-corrected chi connectivity index (χ1v) is 6.36. The molecular formula is C12H17F3N4O. The Morgan fingerprint density at radius 1 is 1.40 bits per heavy atom. The predicted octanol–water partition coefficient (Wildman–Crippen LogP) is 2.15. The van der Waals surface area contributed by atoms with Crippen molar-refractivity contribution < 1.29 is 17.9 Å². The second-order valence-corrected chi connectivity index (χ2v) is 4.63. The summed E-state index contributed by atoms with van der Waals surface area (Å²) in [5.74, 6) is -0.695. The highest BCUT2D eigenvalue weighted by Gasteiger charge is 2.36. The molecule has 1 unspecified atom stereocenters. The van der Waals surface area contributed by atoms with Crippen molar-refractivity contribution in [3.8, 4) is 0 Å². The first-order chi connectivity index (χ1) is 9.44. The molecule has 0 amide bonds. The second kappa shape index (κ2) is 5.82. The van der Waals surface area contributed by atoms with Crippen molar-refractivity contribution in [1.82, 2.24) is 9.97 Å². The van der Waals surface area contributed by atoms with Gasteiger partial charge in [-0.1, -0.05) is 0 Å². The fourth-order valence-corrected chi connectivity index (χ4v) is 2.19. The molecule has 1 saturated heterocycles. The van der Waals surface area contributed by atoms with E-state index in [1.165, 1.54) is 13.1 Å². The van der Waals surface area contributed by atoms with Gasteiger partial charge in [-0.2, -0.15) is 13.2 Å². The minimum absolute atomic E-state index is 0.0195. The molecule has 1 aromatic rings. The number of hydrogen-bond acceptors (Lipinski definition) is 5. The molecule has 0 aliphatic carbocycles. The van der Waals surface area contributed by atoms with Crippen molar-refractivity contribution >= 4 is 11.6 Å². The molecule has 0 aromatic carbocycles. The van der Waals surface area contributed by atoms with Gasteiger partial charge in [-0.25, -0.2) is 9.97 Å². The van der Waals surface area contributed by atoms with Crippen LogP contribution < -0.4 is 10.2 Å². The Bertz CT molecular complexity index is 467. The van der Waals surface area contributed by atoms with E-state index in [1.54, 1.807) is 12.0 Å². The lowest BCUT2D eigenvalue weighted by molar-refractivity contribution is -0.144. The van der Waals surface area contributed by atoms with Crippen molar-refractivity contribution in [2.75, 3.05) is 37.5 Å². The topological polar surface area (TPSA) is 50.3 Å². The largest absolute Gasteiger partial charge is 0.451 e. The molecule has 8 heteroatoms. The first-order valence-electron chi connectivity index (χ1n) is 6.36. The summed E-state index contributed by atoms with van der Waals surface area (Å²) >= 11 is 0. The number of nitrogens with zero attached hydrogens (tertiary/aromatic N) is 3. The number of piperidine rings is 1. The van der Waals surface area contributed by atoms with Gasteiger partial charge in [0.05, 0.1) is 6.10 Å². The Labute approximate surface area is 115 Å². The minimum atomic E-state index is -4.56. The molecule has 1 N–H and O–H groups in total. The second-order valence-electron chi connectivity index (χ2n) is 4.63. The number of methoxy groups -OCH3 is 1. The van der Waals surface area contributed by atoms with E-state index in [9.17, 15) is 13.2 Å². The van der Waals surface area contributed by atoms with E-state index in [0.717, 1.165) is 12.8 Å². The van der Waals surface area contributed by atoms with Crippen LogP contribution in [0, 0.1) is 0 Å². The Balaban J connectivity index is 2.30. The van der Waals surface area contributed by atoms with Gasteiger partial charge in [-0.3, -0.25) is 0 Å². The number of rotatable bonds is 3. The molecule has 1 atom stereocenters. The zero-order chi connectivity index (χ0) is 14.8. The number of halogens is 3. The smallest absolute Gasteiger partial charge is 0.380 e. The van der Waals surface area contributed by atoms with Crippen LogP contribution in [0.1, 0.15) is 18.7 Å². The molecule has 1 aliphatic heterocycles. The number of nitrogens with one attached hydrogen (secondary N) is 1. The van der Waals surface area contributed by atoms with Gasteiger partial charge in [0, 0.05) is 33.3 Å². The summed E-state index contributed by atoms with van der Waals surface area (Å²) in [5.41, 5.74) is 0. The summed E-state index contributed by atoms with van der Waals surface area (Å²) in [7, 11) is 3.13. The highest BCUT2D eigenvalue weighted by atomic mass is 19.4. The molecule has 1 fully saturated rings. The standard InChI is InChI=1S/C12H17F3N4O/c1-16-9-6-10(18-11(17-9)12(13,14)15)19-5-3-4-8(7-19)20-2/h6,8H,3-5,7H2,1-2H3,(H,16,17,18). The van der Waals surface area contributed by atoms with Crippen LogP contribution in [0.15, 0.2) is 6.07 Å². The molecule has 112 valence electrons. The van der Waals surface area contributed by atoms with Crippen molar-refractivity contribution in [3.63, 3.8) is 0 Å². The van der Waals surface area contributed by atoms with Gasteiger partial charge >= 0.3 is 6.18 Å². The molecule has 1 aliphatic rings. The summed E-state index contributed by atoms with van der Waals surface area (Å²) < 4.78 is 43.7. The van der Waals surface area contributed by atoms with E-state index in [1.807, 2.05) is 0 Å². The van der Waals surface area contributed by atoms with E-state index in [0.29, 0.717) is 13.1 Å². The van der Waals surface area contributed by atoms with Gasteiger partial charge in [-0.05, 0) is 12.8 Å². The van der Waals surface area contributed by atoms with Crippen LogP contribution in [-0.4, -0.2) is 43.3 Å². The Kier molecular flexibility index (Phi) is 4.32. The van der Waals surface area contributed by atoms with E-state index >= 15 is 0 Å². The number of aromatic nitrogens is 2. The number of ether oxygens (including phenoxy) is 1. The van der Waals surface area contributed by atoms with Crippen LogP contribution in [0.25, 0.3) is 0 Å². The molecule has 0 bridgehead atoms. The van der Waals surface area contributed by atoms with Gasteiger partial charge in [0.2, 0.25) is 5.82 Å². The number of alkyl halides is 3. The van der Waals surface area contributed by atoms with Crippen molar-refractivity contribution in [2.45, 2.75) is 25.1 Å². The van der Waals surface area contributed by atoms with Crippen LogP contribution in [-0.2, 0) is 10.9 Å². The Morgan fingerprint density at radius 2 is 2.15 bits per heavy atom. The quantitative estimate of drug-likeness (QED) is 0.924. The molecule has 2 rings (SSSR count). The van der Waals surface area contributed by atoms with Crippen molar-refractivity contribution in [2.24, 2.45) is 0 Å². The maximum Gasteiger partial charge on any atom is 0.451 e. The third kappa shape index (κ3) is 3.30. The lowest BCUT2D eigenvalue weighted by atomic mass is 10.1. The van der Waals surface area contributed by atoms with Gasteiger partial charge in [0.1, 0.15) is 11.6 Å². The average Bonchev–Trinajstić information content (AvgIpc) is 2.46. The van der Waals surface area contributed by atoms with Gasteiger partial charge in [-0.15, -0.1) is 0 Å². The first kappa shape index (κ1) is 14.8. The van der Waals surface area contributed by atoms with Gasteiger partial charge in [0.25, 0.3) is 0 Å². The van der Waals surface area contributed by atoms with Crippen LogP contribution in [0.3, 0.4) is 0 Å². The monoisotopic (exact) mass is 290 g/mol. The van der Waals surface area contributed by atoms with E-state index < -0.39 is 12.0 Å². The van der Waals surface area contributed by atoms with Crippen LogP contribution in [0.5, 0.6) is 0 Å². The average molecular weight is 290 g/mol. The predicted molar refractivity (Wildman–Crippen MR) is 68.8 cm³/mol. The maximum atomic E-state index is 12.8. The van der Waals surface area contributed by atoms with Gasteiger partial charge in [0.15, 0.2) is 0 Å². The lowest BCUT2D eigenvalue weighted by Crippen LogP contribution is -2.40. The fraction of sp³-hybridized carbons (Fsp3) is 0.667. The van der Waals surface area contributed by atoms with Crippen molar-refractivity contribution in [3.05, 3.63) is 11.9 Å². The summed E-state index contributed by atoms with van der Waals surface area (Å²) in [6.07, 6.45) is -2.77. The zero-order valence-corrected chi connectivity index (χ0v) is 11.4. The van der Waals surface area contributed by atoms with Crippen LogP contribution >= 0.6 is 0 Å². The molecular weight excluding hydrogens is 273 g/mol. The van der Waals surface area contributed by atoms with E-state index in [-0.39, 0.29) is 17.7 Å². The molecule has 20 heavy (non-hydrogen) atoms. The summed E-state index contributed by atoms with van der Waals surface area (Å²) in [5, 5.41) is 2.64. The Morgan fingerprint density at radius 3 is 2.75 bits per heavy atom. The summed E-state index contributed by atoms with van der Waals surface area (Å²) in [6.45, 7) is 1.20. The normalized spacial score (nSPS) is 20.1. The number of anilines is 2. The fourth-order valence-electron chi connectivity index (χ4n) is 2.19. The van der Waals surface area contributed by atoms with Crippen LogP contribution in [0.4, 0.5) is 24.8 Å². The molecule has 2 heterocycles. The summed E-state index contributed by atoms with van der Waals surface area (Å²) in [4.78, 5) is 8.89. The third-order valence-electron chi connectivity index (χ3n) is 3.26. The van der Waals surface area contributed by atoms with Gasteiger partial charge < -0.3 is 15.0 Å². The molecule has 5 nitrogen and oxygen atoms in total. The van der Waals surface area contributed by atoms with E-state index in [2.05, 4.69) is 15.3 Å². The number of hydrogen-bond donors (Lipinski definition) is 1. The minimum Gasteiger partial charge on any atom is -0.380 e.